The Hall–Kier alpha value is -1.12. The predicted molar refractivity (Wildman–Crippen MR) is 113 cm³/mol. The van der Waals surface area contributed by atoms with Crippen molar-refractivity contribution in [2.75, 3.05) is 13.6 Å². The van der Waals surface area contributed by atoms with Crippen molar-refractivity contribution in [3.63, 3.8) is 0 Å². The molecule has 0 aliphatic heterocycles. The molecule has 0 aromatic heterocycles. The molecule has 0 bridgehead atoms. The standard InChI is InChI=1S/C25H37NO/c1-5-7-18(17-26-4)21-8-6-12-24-14-9-19-16-20(27)10-15-25(19,24)22(24)11-13-23(21,2)3/h5,7-9,20,22,26-27H,1,6,10-17H2,2-4H3/b18-7+,21-8-. The maximum absolute atomic E-state index is 10.2. The van der Waals surface area contributed by atoms with Gasteiger partial charge < -0.3 is 10.4 Å². The van der Waals surface area contributed by atoms with Gasteiger partial charge in [0.25, 0.3) is 0 Å². The van der Waals surface area contributed by atoms with Gasteiger partial charge in [-0.15, -0.1) is 0 Å². The van der Waals surface area contributed by atoms with Gasteiger partial charge in [-0.2, -0.15) is 0 Å². The lowest BCUT2D eigenvalue weighted by Crippen LogP contribution is -2.25. The van der Waals surface area contributed by atoms with Gasteiger partial charge in [-0.1, -0.05) is 50.3 Å². The van der Waals surface area contributed by atoms with E-state index in [1.807, 2.05) is 13.1 Å². The van der Waals surface area contributed by atoms with Gasteiger partial charge in [0.15, 0.2) is 0 Å². The Labute approximate surface area is 165 Å². The fraction of sp³-hybridized carbons (Fsp3) is 0.680. The highest BCUT2D eigenvalue weighted by molar-refractivity contribution is 5.45. The highest BCUT2D eigenvalue weighted by Gasteiger charge is 2.77. The molecule has 0 aromatic carbocycles. The van der Waals surface area contributed by atoms with Crippen LogP contribution in [0.1, 0.15) is 65.2 Å². The summed E-state index contributed by atoms with van der Waals surface area (Å²) in [4.78, 5) is 0. The van der Waals surface area contributed by atoms with Crippen LogP contribution in [0.25, 0.3) is 0 Å². The first-order valence-electron chi connectivity index (χ1n) is 11.0. The summed E-state index contributed by atoms with van der Waals surface area (Å²) in [5, 5.41) is 13.5. The number of aliphatic hydroxyl groups excluding tert-OH is 1. The first-order valence-corrected chi connectivity index (χ1v) is 11.0. The Morgan fingerprint density at radius 1 is 1.26 bits per heavy atom. The lowest BCUT2D eigenvalue weighted by molar-refractivity contribution is 0.123. The van der Waals surface area contributed by atoms with Crippen LogP contribution in [-0.4, -0.2) is 24.8 Å². The van der Waals surface area contributed by atoms with Gasteiger partial charge in [-0.3, -0.25) is 0 Å². The van der Waals surface area contributed by atoms with E-state index in [1.54, 1.807) is 5.57 Å². The SMILES string of the molecule is C=C/C=C(CNC)/C1=C/CCC23CC=C4CC(O)CCC42C3CCC1(C)C. The fourth-order valence-electron chi connectivity index (χ4n) is 7.27. The average molecular weight is 368 g/mol. The fourth-order valence-corrected chi connectivity index (χ4v) is 7.27. The third-order valence-corrected chi connectivity index (χ3v) is 8.44. The molecule has 4 atom stereocenters. The molecule has 4 rings (SSSR count). The number of likely N-dealkylation sites (N-methyl/N-ethyl adjacent to an activating group) is 1. The Morgan fingerprint density at radius 2 is 2.07 bits per heavy atom. The van der Waals surface area contributed by atoms with Crippen LogP contribution in [0.3, 0.4) is 0 Å². The van der Waals surface area contributed by atoms with Crippen LogP contribution in [0.4, 0.5) is 0 Å². The van der Waals surface area contributed by atoms with Crippen LogP contribution in [0, 0.1) is 22.2 Å². The number of allylic oxidation sites excluding steroid dienone is 4. The van der Waals surface area contributed by atoms with Crippen molar-refractivity contribution in [3.8, 4) is 0 Å². The molecule has 0 radical (unpaired) electrons. The van der Waals surface area contributed by atoms with E-state index in [9.17, 15) is 5.11 Å². The van der Waals surface area contributed by atoms with Crippen LogP contribution in [0.5, 0.6) is 0 Å². The van der Waals surface area contributed by atoms with Gasteiger partial charge in [0, 0.05) is 12.0 Å². The number of rotatable bonds is 4. The Balaban J connectivity index is 1.62. The van der Waals surface area contributed by atoms with Gasteiger partial charge in [0.2, 0.25) is 0 Å². The van der Waals surface area contributed by atoms with Crippen molar-refractivity contribution in [1.82, 2.24) is 5.32 Å². The molecule has 2 spiro atoms. The lowest BCUT2D eigenvalue weighted by atomic mass is 9.73. The summed E-state index contributed by atoms with van der Waals surface area (Å²) in [5.41, 5.74) is 5.70. The Kier molecular flexibility index (Phi) is 4.79. The van der Waals surface area contributed by atoms with Crippen LogP contribution in [0.15, 0.2) is 47.6 Å². The average Bonchev–Trinajstić information content (AvgIpc) is 2.99. The molecule has 148 valence electrons. The van der Waals surface area contributed by atoms with E-state index in [0.717, 1.165) is 25.3 Å². The van der Waals surface area contributed by atoms with Crippen molar-refractivity contribution in [2.45, 2.75) is 71.3 Å². The van der Waals surface area contributed by atoms with Crippen LogP contribution in [-0.2, 0) is 0 Å². The lowest BCUT2D eigenvalue weighted by Gasteiger charge is -2.33. The van der Waals surface area contributed by atoms with Crippen molar-refractivity contribution in [1.29, 1.82) is 0 Å². The highest BCUT2D eigenvalue weighted by Crippen LogP contribution is 2.84. The van der Waals surface area contributed by atoms with Crippen LogP contribution in [0.2, 0.25) is 0 Å². The second kappa shape index (κ2) is 6.74. The van der Waals surface area contributed by atoms with Crippen molar-refractivity contribution >= 4 is 0 Å². The quantitative estimate of drug-likeness (QED) is 0.520. The largest absolute Gasteiger partial charge is 0.393 e. The number of aliphatic hydroxyl groups is 1. The van der Waals surface area contributed by atoms with E-state index in [0.29, 0.717) is 10.8 Å². The van der Waals surface area contributed by atoms with E-state index in [1.165, 1.54) is 49.7 Å². The topological polar surface area (TPSA) is 32.3 Å². The molecule has 2 heteroatoms. The van der Waals surface area contributed by atoms with E-state index in [2.05, 4.69) is 44.0 Å². The van der Waals surface area contributed by atoms with E-state index < -0.39 is 0 Å². The molecule has 0 heterocycles. The molecule has 2 N–H and O–H groups in total. The smallest absolute Gasteiger partial charge is 0.0577 e. The molecule has 4 unspecified atom stereocenters. The van der Waals surface area contributed by atoms with Gasteiger partial charge in [0.05, 0.1) is 6.10 Å². The summed E-state index contributed by atoms with van der Waals surface area (Å²) < 4.78 is 0. The van der Waals surface area contributed by atoms with Crippen LogP contribution < -0.4 is 5.32 Å². The summed E-state index contributed by atoms with van der Waals surface area (Å²) in [6.07, 6.45) is 18.6. The van der Waals surface area contributed by atoms with Gasteiger partial charge in [-0.25, -0.2) is 0 Å². The maximum atomic E-state index is 10.2. The first-order chi connectivity index (χ1) is 12.9. The minimum Gasteiger partial charge on any atom is -0.393 e. The molecule has 0 amide bonds. The molecular formula is C25H37NO. The molecule has 0 aromatic rings. The summed E-state index contributed by atoms with van der Waals surface area (Å²) in [6.45, 7) is 9.71. The second-order valence-electron chi connectivity index (χ2n) is 10.0. The van der Waals surface area contributed by atoms with Crippen molar-refractivity contribution in [2.24, 2.45) is 22.2 Å². The predicted octanol–water partition coefficient (Wildman–Crippen LogP) is 5.32. The summed E-state index contributed by atoms with van der Waals surface area (Å²) in [7, 11) is 2.03. The molecule has 2 saturated carbocycles. The minimum absolute atomic E-state index is 0.0945. The number of nitrogens with one attached hydrogen (secondary N) is 1. The van der Waals surface area contributed by atoms with Crippen LogP contribution >= 0.6 is 0 Å². The zero-order valence-electron chi connectivity index (χ0n) is 17.5. The second-order valence-corrected chi connectivity index (χ2v) is 10.0. The minimum atomic E-state index is -0.0945. The molecular weight excluding hydrogens is 330 g/mol. The Bertz CT molecular complexity index is 712. The van der Waals surface area contributed by atoms with Gasteiger partial charge >= 0.3 is 0 Å². The molecule has 27 heavy (non-hydrogen) atoms. The third kappa shape index (κ3) is 2.75. The van der Waals surface area contributed by atoms with E-state index in [4.69, 9.17) is 0 Å². The zero-order chi connectivity index (χ0) is 19.3. The normalized spacial score (nSPS) is 42.3. The zero-order valence-corrected chi connectivity index (χ0v) is 17.5. The van der Waals surface area contributed by atoms with Gasteiger partial charge in [0.1, 0.15) is 0 Å². The van der Waals surface area contributed by atoms with Gasteiger partial charge in [-0.05, 0) is 86.3 Å². The molecule has 4 aliphatic rings. The van der Waals surface area contributed by atoms with Crippen molar-refractivity contribution in [3.05, 3.63) is 47.6 Å². The molecule has 4 aliphatic carbocycles. The maximum Gasteiger partial charge on any atom is 0.0577 e. The monoisotopic (exact) mass is 367 g/mol. The molecule has 0 saturated heterocycles. The number of hydrogen-bond donors (Lipinski definition) is 2. The summed E-state index contributed by atoms with van der Waals surface area (Å²) in [5.74, 6) is 0.848. The summed E-state index contributed by atoms with van der Waals surface area (Å²) >= 11 is 0. The highest BCUT2D eigenvalue weighted by atomic mass is 16.3. The summed E-state index contributed by atoms with van der Waals surface area (Å²) in [6, 6.07) is 0. The van der Waals surface area contributed by atoms with Crippen molar-refractivity contribution < 1.29 is 5.11 Å². The molecule has 2 fully saturated rings. The van der Waals surface area contributed by atoms with E-state index in [-0.39, 0.29) is 11.5 Å². The Morgan fingerprint density at radius 3 is 2.81 bits per heavy atom. The van der Waals surface area contributed by atoms with E-state index >= 15 is 0 Å². The number of hydrogen-bond acceptors (Lipinski definition) is 2. The molecule has 2 nitrogen and oxygen atoms in total. The third-order valence-electron chi connectivity index (χ3n) is 8.44. The first kappa shape index (κ1) is 19.2.